The van der Waals surface area contributed by atoms with E-state index in [-0.39, 0.29) is 23.2 Å². The second kappa shape index (κ2) is 8.00. The Kier molecular flexibility index (Phi) is 5.26. The number of imidazole rings is 1. The summed E-state index contributed by atoms with van der Waals surface area (Å²) in [5.41, 5.74) is -0.139. The van der Waals surface area contributed by atoms with Crippen LogP contribution < -0.4 is 10.9 Å². The molecule has 0 radical (unpaired) electrons. The highest BCUT2D eigenvalue weighted by Crippen LogP contribution is 2.27. The topological polar surface area (TPSA) is 89.2 Å². The second-order valence-electron chi connectivity index (χ2n) is 7.32. The maximum Gasteiger partial charge on any atom is 0.255 e. The van der Waals surface area contributed by atoms with Crippen molar-refractivity contribution in [3.63, 3.8) is 0 Å². The molecule has 1 fully saturated rings. The van der Waals surface area contributed by atoms with Gasteiger partial charge in [0.1, 0.15) is 5.82 Å². The maximum atomic E-state index is 14.1. The first-order valence-corrected chi connectivity index (χ1v) is 9.43. The Morgan fingerprint density at radius 3 is 2.83 bits per heavy atom. The van der Waals surface area contributed by atoms with Gasteiger partial charge in [-0.05, 0) is 37.0 Å². The highest BCUT2D eigenvalue weighted by Gasteiger charge is 2.34. The van der Waals surface area contributed by atoms with Crippen LogP contribution in [0.5, 0.6) is 0 Å². The van der Waals surface area contributed by atoms with Gasteiger partial charge in [-0.15, -0.1) is 0 Å². The van der Waals surface area contributed by atoms with Gasteiger partial charge in [-0.2, -0.15) is 0 Å². The molecule has 1 aromatic carbocycles. The fourth-order valence-electron chi connectivity index (χ4n) is 3.82. The standard InChI is InChI=1S/C21H21FN4O3/c22-16-3-1-2-4-18(16)26-12-15(5-6-20(26)28)21(29)24-17-9-14(10-19(17)27)11-25-8-7-23-13-25/h1-8,12-14,17,19,27H,9-11H2,(H,24,29)/t14?,17-,19-/m1/s1. The van der Waals surface area contributed by atoms with Crippen LogP contribution in [0.15, 0.2) is 66.1 Å². The van der Waals surface area contributed by atoms with Crippen molar-refractivity contribution in [2.45, 2.75) is 31.5 Å². The first-order chi connectivity index (χ1) is 14.0. The van der Waals surface area contributed by atoms with Crippen LogP contribution >= 0.6 is 0 Å². The quantitative estimate of drug-likeness (QED) is 0.688. The van der Waals surface area contributed by atoms with E-state index in [1.165, 1.54) is 36.5 Å². The number of nitrogens with zero attached hydrogens (tertiary/aromatic N) is 3. The summed E-state index contributed by atoms with van der Waals surface area (Å²) in [6.07, 6.45) is 7.19. The molecule has 8 heteroatoms. The van der Waals surface area contributed by atoms with Gasteiger partial charge in [-0.1, -0.05) is 12.1 Å². The fourth-order valence-corrected chi connectivity index (χ4v) is 3.82. The van der Waals surface area contributed by atoms with Gasteiger partial charge in [0.2, 0.25) is 0 Å². The summed E-state index contributed by atoms with van der Waals surface area (Å²) in [6.45, 7) is 0.724. The monoisotopic (exact) mass is 396 g/mol. The van der Waals surface area contributed by atoms with E-state index < -0.39 is 23.4 Å². The molecule has 29 heavy (non-hydrogen) atoms. The molecule has 0 spiro atoms. The summed E-state index contributed by atoms with van der Waals surface area (Å²) >= 11 is 0. The minimum absolute atomic E-state index is 0.0773. The molecule has 1 saturated carbocycles. The van der Waals surface area contributed by atoms with E-state index in [1.807, 2.05) is 10.8 Å². The summed E-state index contributed by atoms with van der Waals surface area (Å²) in [5, 5.41) is 13.2. The lowest BCUT2D eigenvalue weighted by atomic mass is 10.1. The summed E-state index contributed by atoms with van der Waals surface area (Å²) in [4.78, 5) is 28.9. The summed E-state index contributed by atoms with van der Waals surface area (Å²) in [6, 6.07) is 8.12. The molecular weight excluding hydrogens is 375 g/mol. The van der Waals surface area contributed by atoms with Crippen LogP contribution in [0.4, 0.5) is 4.39 Å². The number of halogens is 1. The molecule has 7 nitrogen and oxygen atoms in total. The van der Waals surface area contributed by atoms with E-state index in [4.69, 9.17) is 0 Å². The largest absolute Gasteiger partial charge is 0.391 e. The number of pyridine rings is 1. The van der Waals surface area contributed by atoms with Crippen molar-refractivity contribution in [1.82, 2.24) is 19.4 Å². The van der Waals surface area contributed by atoms with E-state index in [9.17, 15) is 19.1 Å². The van der Waals surface area contributed by atoms with Gasteiger partial charge in [-0.25, -0.2) is 9.37 Å². The SMILES string of the molecule is O=C(N[C@@H]1CC(Cn2ccnc2)C[C@H]1O)c1ccc(=O)n(-c2ccccc2F)c1. The van der Waals surface area contributed by atoms with Crippen LogP contribution in [-0.4, -0.2) is 37.3 Å². The molecular formula is C21H21FN4O3. The summed E-state index contributed by atoms with van der Waals surface area (Å²) in [5.74, 6) is -0.750. The molecule has 4 rings (SSSR count). The Morgan fingerprint density at radius 1 is 1.24 bits per heavy atom. The molecule has 0 aliphatic heterocycles. The van der Waals surface area contributed by atoms with E-state index in [0.29, 0.717) is 12.8 Å². The molecule has 1 amide bonds. The van der Waals surface area contributed by atoms with Gasteiger partial charge in [-0.3, -0.25) is 14.2 Å². The first kappa shape index (κ1) is 19.1. The molecule has 2 aromatic heterocycles. The van der Waals surface area contributed by atoms with Crippen LogP contribution in [0.2, 0.25) is 0 Å². The summed E-state index contributed by atoms with van der Waals surface area (Å²) < 4.78 is 17.1. The Morgan fingerprint density at radius 2 is 2.07 bits per heavy atom. The van der Waals surface area contributed by atoms with Gasteiger partial charge in [0.15, 0.2) is 0 Å². The van der Waals surface area contributed by atoms with Gasteiger partial charge in [0.25, 0.3) is 11.5 Å². The third-order valence-corrected chi connectivity index (χ3v) is 5.26. The number of aliphatic hydroxyl groups is 1. The van der Waals surface area contributed by atoms with Gasteiger partial charge < -0.3 is 15.0 Å². The van der Waals surface area contributed by atoms with Gasteiger partial charge in [0, 0.05) is 31.2 Å². The zero-order valence-corrected chi connectivity index (χ0v) is 15.6. The van der Waals surface area contributed by atoms with Crippen LogP contribution in [0.3, 0.4) is 0 Å². The third-order valence-electron chi connectivity index (χ3n) is 5.26. The van der Waals surface area contributed by atoms with E-state index >= 15 is 0 Å². The van der Waals surface area contributed by atoms with Crippen molar-refractivity contribution in [2.24, 2.45) is 5.92 Å². The maximum absolute atomic E-state index is 14.1. The Bertz CT molecular complexity index is 1060. The zero-order chi connectivity index (χ0) is 20.4. The normalized spacial score (nSPS) is 21.2. The molecule has 2 N–H and O–H groups in total. The molecule has 3 atom stereocenters. The molecule has 1 aliphatic rings. The number of carbonyl (C=O) groups excluding carboxylic acids is 1. The van der Waals surface area contributed by atoms with Crippen molar-refractivity contribution in [3.05, 3.63) is 83.1 Å². The molecule has 0 bridgehead atoms. The van der Waals surface area contributed by atoms with Crippen LogP contribution in [0, 0.1) is 11.7 Å². The highest BCUT2D eigenvalue weighted by molar-refractivity contribution is 5.94. The molecule has 1 unspecified atom stereocenters. The number of hydrogen-bond donors (Lipinski definition) is 2. The van der Waals surface area contributed by atoms with Crippen LogP contribution in [0.1, 0.15) is 23.2 Å². The number of carbonyl (C=O) groups is 1. The number of benzene rings is 1. The lowest BCUT2D eigenvalue weighted by Gasteiger charge is -2.17. The number of aromatic nitrogens is 3. The third kappa shape index (κ3) is 4.12. The predicted molar refractivity (Wildman–Crippen MR) is 104 cm³/mol. The Balaban J connectivity index is 1.48. The van der Waals surface area contributed by atoms with Crippen molar-refractivity contribution < 1.29 is 14.3 Å². The first-order valence-electron chi connectivity index (χ1n) is 9.43. The second-order valence-corrected chi connectivity index (χ2v) is 7.32. The minimum atomic E-state index is -0.648. The average Bonchev–Trinajstić information content (AvgIpc) is 3.33. The molecule has 150 valence electrons. The van der Waals surface area contributed by atoms with E-state index in [1.54, 1.807) is 18.6 Å². The van der Waals surface area contributed by atoms with Crippen LogP contribution in [-0.2, 0) is 6.54 Å². The van der Waals surface area contributed by atoms with Crippen LogP contribution in [0.25, 0.3) is 5.69 Å². The lowest BCUT2D eigenvalue weighted by Crippen LogP contribution is -2.40. The Hall–Kier alpha value is -3.26. The van der Waals surface area contributed by atoms with Crippen molar-refractivity contribution >= 4 is 5.91 Å². The lowest BCUT2D eigenvalue weighted by molar-refractivity contribution is 0.0872. The van der Waals surface area contributed by atoms with Gasteiger partial charge >= 0.3 is 0 Å². The zero-order valence-electron chi connectivity index (χ0n) is 15.6. The highest BCUT2D eigenvalue weighted by atomic mass is 19.1. The minimum Gasteiger partial charge on any atom is -0.391 e. The molecule has 1 aliphatic carbocycles. The van der Waals surface area contributed by atoms with Crippen molar-refractivity contribution in [2.75, 3.05) is 0 Å². The number of para-hydroxylation sites is 1. The average molecular weight is 396 g/mol. The van der Waals surface area contributed by atoms with Gasteiger partial charge in [0.05, 0.1) is 29.7 Å². The summed E-state index contributed by atoms with van der Waals surface area (Å²) in [7, 11) is 0. The van der Waals surface area contributed by atoms with E-state index in [0.717, 1.165) is 11.1 Å². The number of aliphatic hydroxyl groups excluding tert-OH is 1. The fraction of sp³-hybridized carbons (Fsp3) is 0.286. The van der Waals surface area contributed by atoms with E-state index in [2.05, 4.69) is 10.3 Å². The van der Waals surface area contributed by atoms with Crippen molar-refractivity contribution in [3.8, 4) is 5.69 Å². The number of nitrogens with one attached hydrogen (secondary N) is 1. The molecule has 2 heterocycles. The number of amides is 1. The smallest absolute Gasteiger partial charge is 0.255 e. The molecule has 0 saturated heterocycles. The van der Waals surface area contributed by atoms with Crippen molar-refractivity contribution in [1.29, 1.82) is 0 Å². The number of hydrogen-bond acceptors (Lipinski definition) is 4. The molecule has 3 aromatic rings. The predicted octanol–water partition coefficient (Wildman–Crippen LogP) is 1.74. The Labute approximate surface area is 166 Å². The number of rotatable bonds is 5.